The molecule has 2 bridgehead atoms. The molecule has 2 heterocycles. The summed E-state index contributed by atoms with van der Waals surface area (Å²) in [6, 6.07) is 12.0. The zero-order valence-corrected chi connectivity index (χ0v) is 20.0. The van der Waals surface area contributed by atoms with Gasteiger partial charge in [0.15, 0.2) is 0 Å². The molecule has 2 aromatic carbocycles. The van der Waals surface area contributed by atoms with Gasteiger partial charge in [-0.1, -0.05) is 23.7 Å². The van der Waals surface area contributed by atoms with E-state index in [0.717, 1.165) is 19.3 Å². The van der Waals surface area contributed by atoms with Crippen LogP contribution < -0.4 is 14.5 Å². The lowest BCUT2D eigenvalue weighted by Crippen LogP contribution is -2.33. The highest BCUT2D eigenvalue weighted by molar-refractivity contribution is 6.34. The number of rotatable bonds is 4. The Morgan fingerprint density at radius 2 is 1.66 bits per heavy atom. The van der Waals surface area contributed by atoms with Gasteiger partial charge in [0.05, 0.1) is 34.2 Å². The van der Waals surface area contributed by atoms with Crippen LogP contribution in [-0.2, 0) is 19.2 Å². The average Bonchev–Trinajstić information content (AvgIpc) is 3.59. The van der Waals surface area contributed by atoms with Crippen LogP contribution in [0.15, 0.2) is 42.5 Å². The van der Waals surface area contributed by atoms with Crippen LogP contribution in [0.25, 0.3) is 0 Å². The van der Waals surface area contributed by atoms with Crippen LogP contribution in [0.3, 0.4) is 0 Å². The molecule has 2 saturated heterocycles. The van der Waals surface area contributed by atoms with Crippen molar-refractivity contribution in [1.29, 1.82) is 0 Å². The zero-order valence-electron chi connectivity index (χ0n) is 19.3. The molecular weight excluding hydrogens is 468 g/mol. The van der Waals surface area contributed by atoms with E-state index < -0.39 is 11.9 Å². The number of anilines is 2. The van der Waals surface area contributed by atoms with Crippen molar-refractivity contribution >= 4 is 46.7 Å². The van der Waals surface area contributed by atoms with Gasteiger partial charge in [-0.2, -0.15) is 0 Å². The summed E-state index contributed by atoms with van der Waals surface area (Å²) in [5, 5.41) is 0.448. The van der Waals surface area contributed by atoms with Crippen LogP contribution in [0.1, 0.15) is 31.2 Å². The number of halogens is 1. The molecule has 0 spiro atoms. The third-order valence-electron chi connectivity index (χ3n) is 8.16. The highest BCUT2D eigenvalue weighted by Gasteiger charge is 2.61. The number of carbonyl (C=O) groups excluding carboxylic acids is 4. The third-order valence-corrected chi connectivity index (χ3v) is 8.48. The Hall–Kier alpha value is -3.19. The molecule has 3 amide bonds. The Bertz CT molecular complexity index is 1250. The number of aryl methyl sites for hydroxylation is 1. The minimum atomic E-state index is -0.615. The number of esters is 1. The predicted molar refractivity (Wildman–Crippen MR) is 129 cm³/mol. The van der Waals surface area contributed by atoms with Gasteiger partial charge < -0.3 is 9.64 Å². The molecule has 0 aromatic heterocycles. The number of imide groups is 1. The normalized spacial score (nSPS) is 29.3. The van der Waals surface area contributed by atoms with Crippen molar-refractivity contribution in [1.82, 2.24) is 0 Å². The largest absolute Gasteiger partial charge is 0.426 e. The molecule has 4 aliphatic rings. The van der Waals surface area contributed by atoms with Crippen molar-refractivity contribution < 1.29 is 23.9 Å². The monoisotopic (exact) mass is 492 g/mol. The number of hydrogen-bond acceptors (Lipinski definition) is 5. The van der Waals surface area contributed by atoms with Gasteiger partial charge in [-0.15, -0.1) is 0 Å². The highest BCUT2D eigenvalue weighted by atomic mass is 35.5. The maximum atomic E-state index is 13.2. The summed E-state index contributed by atoms with van der Waals surface area (Å²) in [6.07, 6.45) is 3.10. The van der Waals surface area contributed by atoms with E-state index in [4.69, 9.17) is 16.3 Å². The van der Waals surface area contributed by atoms with E-state index >= 15 is 0 Å². The van der Waals surface area contributed by atoms with Crippen molar-refractivity contribution in [3.05, 3.63) is 53.1 Å². The molecule has 2 aromatic rings. The van der Waals surface area contributed by atoms with E-state index in [2.05, 4.69) is 0 Å². The number of ether oxygens (including phenoxy) is 1. The lowest BCUT2D eigenvalue weighted by atomic mass is 9.81. The molecule has 6 rings (SSSR count). The summed E-state index contributed by atoms with van der Waals surface area (Å²) in [6.45, 7) is 1.99. The van der Waals surface area contributed by atoms with Crippen LogP contribution in [-0.4, -0.2) is 30.2 Å². The summed E-state index contributed by atoms with van der Waals surface area (Å²) >= 11 is 6.22. The fourth-order valence-corrected chi connectivity index (χ4v) is 6.79. The maximum absolute atomic E-state index is 13.2. The maximum Gasteiger partial charge on any atom is 0.316 e. The molecule has 0 radical (unpaired) electrons. The molecule has 5 atom stereocenters. The Balaban J connectivity index is 1.16. The van der Waals surface area contributed by atoms with Gasteiger partial charge in [-0.25, -0.2) is 4.90 Å². The van der Waals surface area contributed by atoms with Crippen LogP contribution in [0, 0.1) is 36.5 Å². The Morgan fingerprint density at radius 1 is 0.971 bits per heavy atom. The highest BCUT2D eigenvalue weighted by Crippen LogP contribution is 2.56. The van der Waals surface area contributed by atoms with Gasteiger partial charge in [-0.05, 0) is 73.9 Å². The van der Waals surface area contributed by atoms with Gasteiger partial charge >= 0.3 is 5.97 Å². The summed E-state index contributed by atoms with van der Waals surface area (Å²) in [4.78, 5) is 54.5. The van der Waals surface area contributed by atoms with E-state index in [0.29, 0.717) is 39.5 Å². The number of para-hydroxylation sites is 1. The molecule has 2 aliphatic heterocycles. The number of benzene rings is 2. The molecule has 2 saturated carbocycles. The standard InChI is InChI=1S/C27H25ClN2O5/c1-14-10-18(35-27(34)17-12-22(31)29(13-17)21-5-3-2-4-19(21)28)8-9-20(14)30-25(32)23-15-6-7-16(11-15)24(23)26(30)33/h2-5,8-10,15-17,23-24H,6-7,11-13H2,1H3/t15-,16-,17-,23-,24+/m0/s1. The fourth-order valence-electron chi connectivity index (χ4n) is 6.56. The lowest BCUT2D eigenvalue weighted by molar-refractivity contribution is -0.139. The quantitative estimate of drug-likeness (QED) is 0.364. The summed E-state index contributed by atoms with van der Waals surface area (Å²) in [5.74, 6) is -0.879. The Kier molecular flexibility index (Phi) is 5.22. The van der Waals surface area contributed by atoms with E-state index in [1.807, 2.05) is 0 Å². The number of fused-ring (bicyclic) bond motifs is 5. The second-order valence-corrected chi connectivity index (χ2v) is 10.5. The number of amides is 3. The first-order valence-corrected chi connectivity index (χ1v) is 12.5. The van der Waals surface area contributed by atoms with E-state index in [9.17, 15) is 19.2 Å². The van der Waals surface area contributed by atoms with Crippen molar-refractivity contribution in [3.8, 4) is 5.75 Å². The summed E-state index contributed by atoms with van der Waals surface area (Å²) in [7, 11) is 0. The van der Waals surface area contributed by atoms with E-state index in [-0.39, 0.29) is 42.5 Å². The first kappa shape index (κ1) is 22.3. The minimum absolute atomic E-state index is 0.0447. The molecule has 0 unspecified atom stereocenters. The third kappa shape index (κ3) is 3.47. The molecular formula is C27H25ClN2O5. The average molecular weight is 493 g/mol. The van der Waals surface area contributed by atoms with Gasteiger partial charge in [0.25, 0.3) is 0 Å². The second-order valence-electron chi connectivity index (χ2n) is 10.1. The van der Waals surface area contributed by atoms with E-state index in [1.165, 1.54) is 9.80 Å². The van der Waals surface area contributed by atoms with Crippen LogP contribution in [0.2, 0.25) is 5.02 Å². The molecule has 0 N–H and O–H groups in total. The van der Waals surface area contributed by atoms with Gasteiger partial charge in [0.1, 0.15) is 5.75 Å². The predicted octanol–water partition coefficient (Wildman–Crippen LogP) is 4.14. The first-order chi connectivity index (χ1) is 16.8. The Morgan fingerprint density at radius 3 is 2.31 bits per heavy atom. The zero-order chi connectivity index (χ0) is 24.4. The molecule has 180 valence electrons. The van der Waals surface area contributed by atoms with Gasteiger partial charge in [0.2, 0.25) is 17.7 Å². The fraction of sp³-hybridized carbons (Fsp3) is 0.407. The van der Waals surface area contributed by atoms with Crippen molar-refractivity contribution in [2.75, 3.05) is 16.3 Å². The van der Waals surface area contributed by atoms with Crippen LogP contribution >= 0.6 is 11.6 Å². The lowest BCUT2D eigenvalue weighted by Gasteiger charge is -2.20. The van der Waals surface area contributed by atoms with Crippen molar-refractivity contribution in [2.45, 2.75) is 32.6 Å². The second kappa shape index (κ2) is 8.19. The van der Waals surface area contributed by atoms with Gasteiger partial charge in [0, 0.05) is 13.0 Å². The summed E-state index contributed by atoms with van der Waals surface area (Å²) in [5.41, 5.74) is 1.81. The Labute approximate surface area is 208 Å². The molecule has 8 heteroatoms. The van der Waals surface area contributed by atoms with E-state index in [1.54, 1.807) is 49.4 Å². The van der Waals surface area contributed by atoms with Crippen LogP contribution in [0.5, 0.6) is 5.75 Å². The first-order valence-electron chi connectivity index (χ1n) is 12.1. The summed E-state index contributed by atoms with van der Waals surface area (Å²) < 4.78 is 5.59. The smallest absolute Gasteiger partial charge is 0.316 e. The van der Waals surface area contributed by atoms with Crippen molar-refractivity contribution in [3.63, 3.8) is 0 Å². The molecule has 35 heavy (non-hydrogen) atoms. The molecule has 4 fully saturated rings. The van der Waals surface area contributed by atoms with Crippen LogP contribution in [0.4, 0.5) is 11.4 Å². The van der Waals surface area contributed by atoms with Gasteiger partial charge in [-0.3, -0.25) is 19.2 Å². The SMILES string of the molecule is Cc1cc(OC(=O)[C@H]2CC(=O)N(c3ccccc3Cl)C2)ccc1N1C(=O)[C@@H]2[C@H]3CC[C@@H](C3)[C@@H]2C1=O. The number of hydrogen-bond donors (Lipinski definition) is 0. The number of carbonyl (C=O) groups is 4. The minimum Gasteiger partial charge on any atom is -0.426 e. The topological polar surface area (TPSA) is 84.0 Å². The molecule has 7 nitrogen and oxygen atoms in total. The molecule has 2 aliphatic carbocycles. The van der Waals surface area contributed by atoms with Crippen molar-refractivity contribution in [2.24, 2.45) is 29.6 Å². The number of nitrogens with zero attached hydrogens (tertiary/aromatic N) is 2.